The Labute approximate surface area is 95.5 Å². The lowest BCUT2D eigenvalue weighted by atomic mass is 10.1. The van der Waals surface area contributed by atoms with Gasteiger partial charge in [-0.3, -0.25) is 0 Å². The molecule has 0 saturated carbocycles. The van der Waals surface area contributed by atoms with E-state index in [0.29, 0.717) is 10.9 Å². The summed E-state index contributed by atoms with van der Waals surface area (Å²) < 4.78 is 0. The molecule has 0 saturated heterocycles. The summed E-state index contributed by atoms with van der Waals surface area (Å²) in [7, 11) is 0. The van der Waals surface area contributed by atoms with E-state index in [1.807, 2.05) is 23.6 Å². The Hall–Kier alpha value is -1.26. The monoisotopic (exact) mass is 235 g/mol. The number of halogens is 1. The van der Waals surface area contributed by atoms with E-state index >= 15 is 0 Å². The number of fused-ring (bicyclic) bond motifs is 1. The number of thiazole rings is 1. The summed E-state index contributed by atoms with van der Waals surface area (Å²) in [6.07, 6.45) is 5.66. The molecular formula is C10H6ClN3S. The quantitative estimate of drug-likeness (QED) is 0.737. The van der Waals surface area contributed by atoms with E-state index < -0.39 is 0 Å². The molecule has 5 heteroatoms. The number of aliphatic imine (C=N–C) groups is 2. The Morgan fingerprint density at radius 1 is 1.40 bits per heavy atom. The Morgan fingerprint density at radius 2 is 2.33 bits per heavy atom. The predicted octanol–water partition coefficient (Wildman–Crippen LogP) is 2.41. The van der Waals surface area contributed by atoms with Crippen molar-refractivity contribution in [3.63, 3.8) is 0 Å². The highest BCUT2D eigenvalue weighted by Crippen LogP contribution is 2.24. The summed E-state index contributed by atoms with van der Waals surface area (Å²) in [5, 5.41) is 2.64. The zero-order valence-electron chi connectivity index (χ0n) is 7.59. The van der Waals surface area contributed by atoms with Crippen LogP contribution < -0.4 is 0 Å². The van der Waals surface area contributed by atoms with Crippen LogP contribution in [0.15, 0.2) is 44.1 Å². The largest absolute Gasteiger partial charge is 0.249 e. The second kappa shape index (κ2) is 3.40. The molecule has 3 rings (SSSR count). The van der Waals surface area contributed by atoms with Gasteiger partial charge in [0.2, 0.25) is 0 Å². The van der Waals surface area contributed by atoms with Crippen LogP contribution in [0, 0.1) is 0 Å². The van der Waals surface area contributed by atoms with E-state index in [1.165, 1.54) is 11.3 Å². The zero-order chi connectivity index (χ0) is 10.3. The lowest BCUT2D eigenvalue weighted by Gasteiger charge is -2.08. The molecule has 1 aliphatic heterocycles. The van der Waals surface area contributed by atoms with E-state index in [4.69, 9.17) is 11.6 Å². The summed E-state index contributed by atoms with van der Waals surface area (Å²) in [5.41, 5.74) is 3.48. The summed E-state index contributed by atoms with van der Waals surface area (Å²) in [5.74, 6) is 0.675. The van der Waals surface area contributed by atoms with Crippen LogP contribution in [0.1, 0.15) is 5.69 Å². The van der Waals surface area contributed by atoms with Gasteiger partial charge >= 0.3 is 0 Å². The van der Waals surface area contributed by atoms with Gasteiger partial charge in [-0.2, -0.15) is 0 Å². The SMILES string of the molecule is ClC1=CC=CC2=NC(c3cscn3)=N[C@@H]12. The van der Waals surface area contributed by atoms with Crippen LogP contribution in [0.3, 0.4) is 0 Å². The van der Waals surface area contributed by atoms with Crippen molar-refractivity contribution in [2.75, 3.05) is 0 Å². The highest BCUT2D eigenvalue weighted by molar-refractivity contribution is 7.07. The van der Waals surface area contributed by atoms with Crippen LogP contribution in [0.5, 0.6) is 0 Å². The molecule has 0 N–H and O–H groups in total. The van der Waals surface area contributed by atoms with Crippen molar-refractivity contribution in [3.8, 4) is 0 Å². The van der Waals surface area contributed by atoms with E-state index in [1.54, 1.807) is 5.51 Å². The molecule has 0 unspecified atom stereocenters. The fourth-order valence-electron chi connectivity index (χ4n) is 1.51. The van der Waals surface area contributed by atoms with Gasteiger partial charge in [-0.15, -0.1) is 11.3 Å². The molecular weight excluding hydrogens is 230 g/mol. The van der Waals surface area contributed by atoms with Gasteiger partial charge in [-0.25, -0.2) is 15.0 Å². The Bertz CT molecular complexity index is 511. The number of nitrogens with zero attached hydrogens (tertiary/aromatic N) is 3. The van der Waals surface area contributed by atoms with E-state index in [0.717, 1.165) is 11.4 Å². The van der Waals surface area contributed by atoms with Gasteiger partial charge in [0, 0.05) is 10.4 Å². The first-order chi connectivity index (χ1) is 7.34. The minimum Gasteiger partial charge on any atom is -0.249 e. The van der Waals surface area contributed by atoms with Gasteiger partial charge in [0.05, 0.1) is 11.2 Å². The van der Waals surface area contributed by atoms with Crippen molar-refractivity contribution >= 4 is 34.5 Å². The molecule has 0 aromatic carbocycles. The van der Waals surface area contributed by atoms with Gasteiger partial charge in [-0.05, 0) is 12.2 Å². The van der Waals surface area contributed by atoms with Crippen LogP contribution in [0.25, 0.3) is 0 Å². The van der Waals surface area contributed by atoms with Gasteiger partial charge in [0.25, 0.3) is 0 Å². The van der Waals surface area contributed by atoms with Crippen LogP contribution in [0.2, 0.25) is 0 Å². The van der Waals surface area contributed by atoms with Crippen molar-refractivity contribution in [3.05, 3.63) is 39.8 Å². The first-order valence-corrected chi connectivity index (χ1v) is 5.75. The average Bonchev–Trinajstić information content (AvgIpc) is 2.86. The normalized spacial score (nSPS) is 23.3. The van der Waals surface area contributed by atoms with Crippen LogP contribution in [-0.2, 0) is 0 Å². The lowest BCUT2D eigenvalue weighted by Crippen LogP contribution is -2.15. The maximum absolute atomic E-state index is 6.05. The number of rotatable bonds is 1. The maximum atomic E-state index is 6.05. The van der Waals surface area contributed by atoms with Crippen molar-refractivity contribution < 1.29 is 0 Å². The molecule has 74 valence electrons. The smallest absolute Gasteiger partial charge is 0.175 e. The number of allylic oxidation sites excluding steroid dienone is 2. The molecule has 0 radical (unpaired) electrons. The molecule has 1 atom stereocenters. The number of hydrogen-bond donors (Lipinski definition) is 0. The molecule has 1 aromatic heterocycles. The summed E-state index contributed by atoms with van der Waals surface area (Å²) in [4.78, 5) is 13.0. The lowest BCUT2D eigenvalue weighted by molar-refractivity contribution is 1.08. The molecule has 2 aliphatic rings. The van der Waals surface area contributed by atoms with E-state index in [-0.39, 0.29) is 6.04 Å². The molecule has 2 heterocycles. The summed E-state index contributed by atoms with van der Waals surface area (Å²) >= 11 is 7.58. The topological polar surface area (TPSA) is 37.6 Å². The van der Waals surface area contributed by atoms with E-state index in [9.17, 15) is 0 Å². The van der Waals surface area contributed by atoms with Crippen molar-refractivity contribution in [1.29, 1.82) is 0 Å². The third kappa shape index (κ3) is 1.46. The maximum Gasteiger partial charge on any atom is 0.175 e. The molecule has 15 heavy (non-hydrogen) atoms. The first-order valence-electron chi connectivity index (χ1n) is 4.43. The number of aromatic nitrogens is 1. The molecule has 1 aliphatic carbocycles. The fourth-order valence-corrected chi connectivity index (χ4v) is 2.27. The summed E-state index contributed by atoms with van der Waals surface area (Å²) in [6.45, 7) is 0. The highest BCUT2D eigenvalue weighted by Gasteiger charge is 2.26. The average molecular weight is 236 g/mol. The van der Waals surface area contributed by atoms with Crippen LogP contribution in [-0.4, -0.2) is 22.6 Å². The molecule has 0 fully saturated rings. The van der Waals surface area contributed by atoms with Gasteiger partial charge in [-0.1, -0.05) is 17.7 Å². The van der Waals surface area contributed by atoms with Crippen molar-refractivity contribution in [2.45, 2.75) is 6.04 Å². The Kier molecular flexibility index (Phi) is 2.04. The molecule has 1 aromatic rings. The minimum atomic E-state index is -0.117. The second-order valence-electron chi connectivity index (χ2n) is 3.18. The molecule has 0 bridgehead atoms. The fraction of sp³-hybridized carbons (Fsp3) is 0.100. The van der Waals surface area contributed by atoms with Crippen molar-refractivity contribution in [2.24, 2.45) is 9.98 Å². The number of hydrogen-bond acceptors (Lipinski definition) is 4. The Balaban J connectivity index is 2.03. The molecule has 0 amide bonds. The first kappa shape index (κ1) is 9.00. The minimum absolute atomic E-state index is 0.117. The zero-order valence-corrected chi connectivity index (χ0v) is 9.16. The predicted molar refractivity (Wildman–Crippen MR) is 63.0 cm³/mol. The molecule has 0 spiro atoms. The number of amidine groups is 1. The van der Waals surface area contributed by atoms with Gasteiger partial charge in [0.1, 0.15) is 11.7 Å². The highest BCUT2D eigenvalue weighted by atomic mass is 35.5. The molecule has 3 nitrogen and oxygen atoms in total. The van der Waals surface area contributed by atoms with E-state index in [2.05, 4.69) is 15.0 Å². The van der Waals surface area contributed by atoms with Crippen LogP contribution in [0.4, 0.5) is 0 Å². The third-order valence-corrected chi connectivity index (χ3v) is 3.13. The van der Waals surface area contributed by atoms with Gasteiger partial charge in [0.15, 0.2) is 5.84 Å². The van der Waals surface area contributed by atoms with Crippen LogP contribution >= 0.6 is 22.9 Å². The second-order valence-corrected chi connectivity index (χ2v) is 4.33. The van der Waals surface area contributed by atoms with Gasteiger partial charge < -0.3 is 0 Å². The Morgan fingerprint density at radius 3 is 3.07 bits per heavy atom. The summed E-state index contributed by atoms with van der Waals surface area (Å²) in [6, 6.07) is -0.117. The standard InChI is InChI=1S/C10H6ClN3S/c11-6-2-1-3-7-9(6)14-10(13-7)8-4-15-5-12-8/h1-5,9H/t9-/m0/s1. The third-order valence-electron chi connectivity index (χ3n) is 2.21. The van der Waals surface area contributed by atoms with Crippen molar-refractivity contribution in [1.82, 2.24) is 4.98 Å².